The predicted molar refractivity (Wildman–Crippen MR) is 81.9 cm³/mol. The van der Waals surface area contributed by atoms with Crippen LogP contribution >= 0.6 is 39.1 Å². The van der Waals surface area contributed by atoms with E-state index in [0.717, 1.165) is 5.56 Å². The first kappa shape index (κ1) is 15.2. The fraction of sp³-hybridized carbons (Fsp3) is 0.0714. The molecule has 0 heterocycles. The molecule has 1 N–H and O–H groups in total. The molecule has 2 rings (SSSR count). The quantitative estimate of drug-likeness (QED) is 0.814. The van der Waals surface area contributed by atoms with Gasteiger partial charge in [-0.15, -0.1) is 0 Å². The highest BCUT2D eigenvalue weighted by Gasteiger charge is 2.10. The Morgan fingerprint density at radius 2 is 2.00 bits per heavy atom. The third kappa shape index (κ3) is 3.66. The van der Waals surface area contributed by atoms with Gasteiger partial charge < -0.3 is 9.84 Å². The summed E-state index contributed by atoms with van der Waals surface area (Å²) in [7, 11) is 0. The molecule has 0 aliphatic carbocycles. The van der Waals surface area contributed by atoms with Gasteiger partial charge in [-0.2, -0.15) is 0 Å². The molecule has 0 unspecified atom stereocenters. The number of ether oxygens (including phenoxy) is 1. The third-order valence-corrected chi connectivity index (χ3v) is 3.61. The Labute approximate surface area is 134 Å². The zero-order valence-corrected chi connectivity index (χ0v) is 13.2. The molecule has 2 aromatic rings. The lowest BCUT2D eigenvalue weighted by molar-refractivity contribution is 0.0696. The molecule has 104 valence electrons. The first-order chi connectivity index (χ1) is 9.47. The van der Waals surface area contributed by atoms with Crippen molar-refractivity contribution in [3.05, 3.63) is 62.0 Å². The Kier molecular flexibility index (Phi) is 4.91. The van der Waals surface area contributed by atoms with Gasteiger partial charge in [0.2, 0.25) is 0 Å². The number of halogens is 3. The molecule has 0 aliphatic rings. The van der Waals surface area contributed by atoms with Crippen LogP contribution in [-0.4, -0.2) is 11.1 Å². The van der Waals surface area contributed by atoms with Gasteiger partial charge in [0.15, 0.2) is 5.75 Å². The van der Waals surface area contributed by atoms with Crippen molar-refractivity contribution in [1.82, 2.24) is 0 Å². The number of hydrogen-bond acceptors (Lipinski definition) is 2. The molecule has 0 fully saturated rings. The van der Waals surface area contributed by atoms with E-state index in [1.165, 1.54) is 6.07 Å². The van der Waals surface area contributed by atoms with Crippen molar-refractivity contribution in [2.45, 2.75) is 6.61 Å². The lowest BCUT2D eigenvalue weighted by Gasteiger charge is -2.11. The number of carboxylic acids is 1. The van der Waals surface area contributed by atoms with E-state index in [2.05, 4.69) is 15.9 Å². The zero-order valence-electron chi connectivity index (χ0n) is 10.1. The Hall–Kier alpha value is -1.23. The van der Waals surface area contributed by atoms with Crippen LogP contribution in [0, 0.1) is 0 Å². The zero-order chi connectivity index (χ0) is 14.7. The minimum absolute atomic E-state index is 0.209. The van der Waals surface area contributed by atoms with E-state index in [4.69, 9.17) is 33.0 Å². The number of rotatable bonds is 4. The molecular weight excluding hydrogens is 367 g/mol. The Morgan fingerprint density at radius 1 is 1.25 bits per heavy atom. The number of aromatic carboxylic acids is 1. The molecule has 20 heavy (non-hydrogen) atoms. The molecule has 0 radical (unpaired) electrons. The molecule has 0 aromatic heterocycles. The molecule has 0 spiro atoms. The van der Waals surface area contributed by atoms with Gasteiger partial charge in [-0.25, -0.2) is 4.79 Å². The van der Waals surface area contributed by atoms with Crippen LogP contribution in [0.4, 0.5) is 0 Å². The topological polar surface area (TPSA) is 46.5 Å². The van der Waals surface area contributed by atoms with Crippen LogP contribution in [0.1, 0.15) is 15.9 Å². The summed E-state index contributed by atoms with van der Waals surface area (Å²) >= 11 is 15.2. The van der Waals surface area contributed by atoms with Crippen LogP contribution in [0.5, 0.6) is 5.75 Å². The van der Waals surface area contributed by atoms with Gasteiger partial charge in [0.25, 0.3) is 0 Å². The van der Waals surface area contributed by atoms with E-state index < -0.39 is 5.97 Å². The molecule has 2 aromatic carbocycles. The summed E-state index contributed by atoms with van der Waals surface area (Å²) in [6.07, 6.45) is 0. The van der Waals surface area contributed by atoms with Crippen molar-refractivity contribution in [1.29, 1.82) is 0 Å². The highest BCUT2D eigenvalue weighted by molar-refractivity contribution is 9.10. The number of carbonyl (C=O) groups is 1. The summed E-state index contributed by atoms with van der Waals surface area (Å²) < 4.78 is 6.26. The minimum atomic E-state index is -0.974. The maximum Gasteiger partial charge on any atom is 0.335 e. The highest BCUT2D eigenvalue weighted by atomic mass is 79.9. The summed E-state index contributed by atoms with van der Waals surface area (Å²) in [6, 6.07) is 9.79. The van der Waals surface area contributed by atoms with Crippen LogP contribution in [-0.2, 0) is 6.61 Å². The number of carboxylic acid groups (broad SMARTS) is 1. The smallest absolute Gasteiger partial charge is 0.335 e. The lowest BCUT2D eigenvalue weighted by atomic mass is 10.1. The maximum absolute atomic E-state index is 10.9. The Balaban J connectivity index is 2.17. The Morgan fingerprint density at radius 3 is 2.65 bits per heavy atom. The first-order valence-corrected chi connectivity index (χ1v) is 7.12. The van der Waals surface area contributed by atoms with Gasteiger partial charge in [-0.3, -0.25) is 0 Å². The summed E-state index contributed by atoms with van der Waals surface area (Å²) in [5, 5.41) is 9.82. The van der Waals surface area contributed by atoms with Crippen molar-refractivity contribution in [3.63, 3.8) is 0 Å². The third-order valence-electron chi connectivity index (χ3n) is 2.52. The van der Waals surface area contributed by atoms with Crippen LogP contribution in [0.25, 0.3) is 0 Å². The van der Waals surface area contributed by atoms with Crippen molar-refractivity contribution in [3.8, 4) is 5.75 Å². The minimum Gasteiger partial charge on any atom is -0.486 e. The van der Waals surface area contributed by atoms with Gasteiger partial charge in [0, 0.05) is 5.02 Å². The maximum atomic E-state index is 10.9. The molecule has 0 saturated carbocycles. The number of hydrogen-bond donors (Lipinski definition) is 1. The van der Waals surface area contributed by atoms with Gasteiger partial charge in [0.05, 0.1) is 15.1 Å². The summed E-state index contributed by atoms with van der Waals surface area (Å²) in [6.45, 7) is 0.209. The standard InChI is InChI=1S/C14H9BrCl2O3/c15-11-5-10(16)6-12(17)13(11)20-7-8-2-1-3-9(4-8)14(18)19/h1-6H,7H2,(H,18,19). The molecule has 0 saturated heterocycles. The van der Waals surface area contributed by atoms with Crippen molar-refractivity contribution in [2.75, 3.05) is 0 Å². The first-order valence-electron chi connectivity index (χ1n) is 5.57. The summed E-state index contributed by atoms with van der Waals surface area (Å²) in [4.78, 5) is 10.9. The highest BCUT2D eigenvalue weighted by Crippen LogP contribution is 2.36. The molecule has 3 nitrogen and oxygen atoms in total. The van der Waals surface area contributed by atoms with E-state index in [1.807, 2.05) is 0 Å². The fourth-order valence-electron chi connectivity index (χ4n) is 1.62. The summed E-state index contributed by atoms with van der Waals surface area (Å²) in [5.41, 5.74) is 0.954. The molecule has 0 bridgehead atoms. The lowest BCUT2D eigenvalue weighted by Crippen LogP contribution is -2.01. The van der Waals surface area contributed by atoms with Crippen LogP contribution in [0.3, 0.4) is 0 Å². The van der Waals surface area contributed by atoms with E-state index >= 15 is 0 Å². The Bertz CT molecular complexity index is 636. The van der Waals surface area contributed by atoms with Crippen LogP contribution < -0.4 is 4.74 Å². The number of benzene rings is 2. The van der Waals surface area contributed by atoms with E-state index in [-0.39, 0.29) is 12.2 Å². The average Bonchev–Trinajstić information content (AvgIpc) is 2.37. The van der Waals surface area contributed by atoms with E-state index in [9.17, 15) is 4.79 Å². The van der Waals surface area contributed by atoms with Crippen molar-refractivity contribution in [2.24, 2.45) is 0 Å². The second-order valence-electron chi connectivity index (χ2n) is 3.99. The van der Waals surface area contributed by atoms with Gasteiger partial charge in [-0.05, 0) is 45.8 Å². The van der Waals surface area contributed by atoms with Gasteiger partial charge >= 0.3 is 5.97 Å². The molecule has 0 amide bonds. The summed E-state index contributed by atoms with van der Waals surface area (Å²) in [5.74, 6) is -0.505. The molecular formula is C14H9BrCl2O3. The molecule has 0 atom stereocenters. The van der Waals surface area contributed by atoms with Gasteiger partial charge in [-0.1, -0.05) is 35.3 Å². The average molecular weight is 376 g/mol. The van der Waals surface area contributed by atoms with Crippen LogP contribution in [0.2, 0.25) is 10.0 Å². The van der Waals surface area contributed by atoms with Crippen molar-refractivity contribution < 1.29 is 14.6 Å². The fourth-order valence-corrected chi connectivity index (χ4v) is 2.99. The molecule has 0 aliphatic heterocycles. The SMILES string of the molecule is O=C(O)c1cccc(COc2c(Cl)cc(Cl)cc2Br)c1. The largest absolute Gasteiger partial charge is 0.486 e. The normalized spacial score (nSPS) is 10.3. The monoisotopic (exact) mass is 374 g/mol. The van der Waals surface area contributed by atoms with E-state index in [1.54, 1.807) is 30.3 Å². The predicted octanol–water partition coefficient (Wildman–Crippen LogP) is 5.03. The second-order valence-corrected chi connectivity index (χ2v) is 5.69. The second kappa shape index (κ2) is 6.48. The van der Waals surface area contributed by atoms with Crippen molar-refractivity contribution >= 4 is 45.1 Å². The molecule has 6 heteroatoms. The van der Waals surface area contributed by atoms with E-state index in [0.29, 0.717) is 20.3 Å². The van der Waals surface area contributed by atoms with Crippen LogP contribution in [0.15, 0.2) is 40.9 Å². The van der Waals surface area contributed by atoms with Gasteiger partial charge in [0.1, 0.15) is 6.61 Å².